The molecule has 0 amide bonds. The molecule has 38 heavy (non-hydrogen) atoms. The Bertz CT molecular complexity index is 2000. The average molecular weight is 640 g/mol. The number of halogens is 2. The van der Waals surface area contributed by atoms with E-state index in [0.717, 1.165) is 27.5 Å². The predicted molar refractivity (Wildman–Crippen MR) is 165 cm³/mol. The fraction of sp³-hybridized carbons (Fsp3) is 0.294. The van der Waals surface area contributed by atoms with Gasteiger partial charge in [-0.05, 0) is 125 Å². The Morgan fingerprint density at radius 1 is 0.789 bits per heavy atom. The van der Waals surface area contributed by atoms with Gasteiger partial charge in [-0.15, -0.1) is 11.3 Å². The van der Waals surface area contributed by atoms with Crippen molar-refractivity contribution in [2.24, 2.45) is 23.7 Å². The summed E-state index contributed by atoms with van der Waals surface area (Å²) < 4.78 is 12.0. The summed E-state index contributed by atoms with van der Waals surface area (Å²) in [5.74, 6) is 3.21. The van der Waals surface area contributed by atoms with Gasteiger partial charge in [0.25, 0.3) is 0 Å². The molecule has 2 heterocycles. The molecule has 4 fully saturated rings. The van der Waals surface area contributed by atoms with Crippen molar-refractivity contribution in [3.05, 3.63) is 80.7 Å². The van der Waals surface area contributed by atoms with Crippen LogP contribution in [0.4, 0.5) is 0 Å². The van der Waals surface area contributed by atoms with Crippen molar-refractivity contribution in [1.82, 2.24) is 0 Å². The Morgan fingerprint density at radius 3 is 2.37 bits per heavy atom. The fourth-order valence-electron chi connectivity index (χ4n) is 9.81. The zero-order chi connectivity index (χ0) is 24.9. The Kier molecular flexibility index (Phi) is 4.06. The third kappa shape index (κ3) is 2.42. The smallest absolute Gasteiger partial charge is 0.140 e. The first-order valence-corrected chi connectivity index (χ1v) is 16.3. The van der Waals surface area contributed by atoms with Crippen LogP contribution in [-0.4, -0.2) is 0 Å². The second kappa shape index (κ2) is 7.13. The summed E-state index contributed by atoms with van der Waals surface area (Å²) >= 11 is 9.70. The van der Waals surface area contributed by atoms with Gasteiger partial charge in [0.05, 0.1) is 4.70 Å². The van der Waals surface area contributed by atoms with Gasteiger partial charge < -0.3 is 4.42 Å². The minimum Gasteiger partial charge on any atom is -0.456 e. The number of hydrogen-bond acceptors (Lipinski definition) is 2. The van der Waals surface area contributed by atoms with E-state index in [1.165, 1.54) is 84.2 Å². The maximum Gasteiger partial charge on any atom is 0.140 e. The number of benzene rings is 4. The summed E-state index contributed by atoms with van der Waals surface area (Å²) in [5.41, 5.74) is 8.20. The third-order valence-electron chi connectivity index (χ3n) is 10.8. The molecule has 0 saturated heterocycles. The van der Waals surface area contributed by atoms with Crippen LogP contribution in [0, 0.1) is 23.7 Å². The number of furan rings is 1. The first kappa shape index (κ1) is 21.7. The second-order valence-corrected chi connectivity index (χ2v) is 15.2. The molecule has 5 aliphatic carbocycles. The number of fused-ring (bicyclic) bond motifs is 11. The summed E-state index contributed by atoms with van der Waals surface area (Å²) in [6.45, 7) is 0. The van der Waals surface area contributed by atoms with Crippen molar-refractivity contribution < 1.29 is 4.42 Å². The van der Waals surface area contributed by atoms with Crippen LogP contribution >= 0.6 is 43.2 Å². The highest BCUT2D eigenvalue weighted by Crippen LogP contribution is 2.71. The van der Waals surface area contributed by atoms with Gasteiger partial charge in [0.1, 0.15) is 11.2 Å². The zero-order valence-electron chi connectivity index (χ0n) is 20.7. The fourth-order valence-corrected chi connectivity index (χ4v) is 11.9. The maximum absolute atomic E-state index is 6.91. The first-order chi connectivity index (χ1) is 18.6. The van der Waals surface area contributed by atoms with Crippen LogP contribution in [0.5, 0.6) is 0 Å². The lowest BCUT2D eigenvalue weighted by Gasteiger charge is -2.61. The van der Waals surface area contributed by atoms with E-state index in [1.807, 2.05) is 11.3 Å². The molecule has 4 bridgehead atoms. The summed E-state index contributed by atoms with van der Waals surface area (Å²) in [5, 5.41) is 5.34. The molecular weight excluding hydrogens is 616 g/mol. The van der Waals surface area contributed by atoms with E-state index >= 15 is 0 Å². The molecule has 186 valence electrons. The predicted octanol–water partition coefficient (Wildman–Crippen LogP) is 11.2. The highest BCUT2D eigenvalue weighted by atomic mass is 79.9. The molecular formula is C34H24Br2OS. The molecule has 4 saturated carbocycles. The van der Waals surface area contributed by atoms with E-state index in [4.69, 9.17) is 4.42 Å². The minimum atomic E-state index is 0.0441. The molecule has 0 atom stereocenters. The Hall–Kier alpha value is -2.14. The number of thiophene rings is 1. The average Bonchev–Trinajstić information content (AvgIpc) is 3.55. The van der Waals surface area contributed by atoms with Gasteiger partial charge in [0, 0.05) is 46.2 Å². The van der Waals surface area contributed by atoms with Crippen LogP contribution in [0.2, 0.25) is 0 Å². The molecule has 4 aromatic carbocycles. The van der Waals surface area contributed by atoms with Crippen LogP contribution < -0.4 is 0 Å². The van der Waals surface area contributed by atoms with Crippen molar-refractivity contribution >= 4 is 85.3 Å². The molecule has 0 N–H and O–H groups in total. The largest absolute Gasteiger partial charge is 0.456 e. The molecule has 6 aromatic rings. The van der Waals surface area contributed by atoms with E-state index in [-0.39, 0.29) is 5.41 Å². The first-order valence-electron chi connectivity index (χ1n) is 13.9. The molecule has 5 aliphatic rings. The third-order valence-corrected chi connectivity index (χ3v) is 13.3. The topological polar surface area (TPSA) is 13.1 Å². The zero-order valence-corrected chi connectivity index (χ0v) is 24.7. The lowest BCUT2D eigenvalue weighted by molar-refractivity contribution is -0.0396. The highest BCUT2D eigenvalue weighted by molar-refractivity contribution is 9.11. The molecule has 11 rings (SSSR count). The molecule has 0 unspecified atom stereocenters. The van der Waals surface area contributed by atoms with Gasteiger partial charge in [0.15, 0.2) is 0 Å². The van der Waals surface area contributed by atoms with E-state index in [1.54, 1.807) is 5.56 Å². The molecule has 1 nitrogen and oxygen atoms in total. The van der Waals surface area contributed by atoms with Gasteiger partial charge >= 0.3 is 0 Å². The van der Waals surface area contributed by atoms with Gasteiger partial charge in [0.2, 0.25) is 0 Å². The summed E-state index contributed by atoms with van der Waals surface area (Å²) in [6.07, 6.45) is 6.94. The normalized spacial score (nSPS) is 28.9. The van der Waals surface area contributed by atoms with E-state index in [9.17, 15) is 0 Å². The van der Waals surface area contributed by atoms with Crippen molar-refractivity contribution in [3.63, 3.8) is 0 Å². The van der Waals surface area contributed by atoms with Crippen molar-refractivity contribution in [3.8, 4) is 11.1 Å². The van der Waals surface area contributed by atoms with Crippen LogP contribution in [0.1, 0.15) is 43.2 Å². The molecule has 4 heteroatoms. The quantitative estimate of drug-likeness (QED) is 0.161. The van der Waals surface area contributed by atoms with Crippen molar-refractivity contribution in [1.29, 1.82) is 0 Å². The molecule has 0 aliphatic heterocycles. The second-order valence-electron chi connectivity index (χ2n) is 12.4. The number of rotatable bonds is 0. The summed E-state index contributed by atoms with van der Waals surface area (Å²) in [7, 11) is 0. The monoisotopic (exact) mass is 638 g/mol. The minimum absolute atomic E-state index is 0.0441. The number of hydrogen-bond donors (Lipinski definition) is 0. The molecule has 0 radical (unpaired) electrons. The van der Waals surface area contributed by atoms with Crippen LogP contribution in [0.3, 0.4) is 0 Å². The van der Waals surface area contributed by atoms with E-state index in [0.29, 0.717) is 11.8 Å². The highest BCUT2D eigenvalue weighted by Gasteiger charge is 2.63. The van der Waals surface area contributed by atoms with E-state index in [2.05, 4.69) is 92.5 Å². The molecule has 1 spiro atoms. The molecule has 2 aromatic heterocycles. The van der Waals surface area contributed by atoms with E-state index < -0.39 is 0 Å². The van der Waals surface area contributed by atoms with Gasteiger partial charge in [-0.3, -0.25) is 0 Å². The van der Waals surface area contributed by atoms with Gasteiger partial charge in [-0.2, -0.15) is 0 Å². The van der Waals surface area contributed by atoms with Crippen molar-refractivity contribution in [2.45, 2.75) is 37.5 Å². The Balaban J connectivity index is 1.43. The Labute approximate surface area is 241 Å². The lowest BCUT2D eigenvalue weighted by atomic mass is 9.43. The van der Waals surface area contributed by atoms with Gasteiger partial charge in [-0.1, -0.05) is 40.2 Å². The van der Waals surface area contributed by atoms with Crippen LogP contribution in [0.25, 0.3) is 53.2 Å². The summed E-state index contributed by atoms with van der Waals surface area (Å²) in [6, 6.07) is 22.9. The van der Waals surface area contributed by atoms with Crippen molar-refractivity contribution in [2.75, 3.05) is 0 Å². The Morgan fingerprint density at radius 2 is 1.55 bits per heavy atom. The standard InChI is InChI=1S/C34H24Br2OS/c35-20-5-6-21-22-7-8-24-29-25(15-26(36)33-30(29)23-3-1-2-4-28(23)38-33)34(31(24)32(22)37-27(21)14-20)18-10-16-9-17(12-18)13-19(34)11-16/h1-8,14-19H,9-13H2. The maximum atomic E-state index is 6.91. The summed E-state index contributed by atoms with van der Waals surface area (Å²) in [4.78, 5) is 0. The SMILES string of the molecule is Brc1ccc2c(c1)oc1c3c(ccc12)-c1c(cc(Br)c2sc4ccccc4c12)C31C2CC3CC(C2)CC1C3. The van der Waals surface area contributed by atoms with Gasteiger partial charge in [-0.25, -0.2) is 0 Å². The lowest BCUT2D eigenvalue weighted by Crippen LogP contribution is -2.55. The van der Waals surface area contributed by atoms with Crippen LogP contribution in [-0.2, 0) is 5.41 Å². The van der Waals surface area contributed by atoms with Crippen LogP contribution in [0.15, 0.2) is 74.0 Å².